The van der Waals surface area contributed by atoms with E-state index in [4.69, 9.17) is 9.47 Å². The van der Waals surface area contributed by atoms with Crippen LogP contribution < -0.4 is 20.3 Å². The smallest absolute Gasteiger partial charge is 0.247 e. The van der Waals surface area contributed by atoms with Crippen molar-refractivity contribution >= 4 is 33.2 Å². The van der Waals surface area contributed by atoms with Crippen LogP contribution in [0.2, 0.25) is 0 Å². The van der Waals surface area contributed by atoms with Gasteiger partial charge in [-0.25, -0.2) is 8.42 Å². The summed E-state index contributed by atoms with van der Waals surface area (Å²) in [7, 11) is -4.04. The van der Waals surface area contributed by atoms with Gasteiger partial charge in [-0.05, 0) is 79.3 Å². The molecule has 61 heavy (non-hydrogen) atoms. The highest BCUT2D eigenvalue weighted by atomic mass is 32.2. The molecule has 3 heterocycles. The zero-order valence-corrected chi connectivity index (χ0v) is 35.3. The number of para-hydroxylation sites is 1. The summed E-state index contributed by atoms with van der Waals surface area (Å²) in [5.41, 5.74) is 5.04. The molecule has 12 nitrogen and oxygen atoms in total. The molecule has 3 fully saturated rings. The molecule has 0 saturated carbocycles. The normalized spacial score (nSPS) is 22.1. The number of aliphatic hydroxyl groups excluding tert-OH is 1. The Morgan fingerprint density at radius 3 is 2.23 bits per heavy atom. The van der Waals surface area contributed by atoms with E-state index >= 15 is 0 Å². The molecule has 1 spiro atoms. The van der Waals surface area contributed by atoms with E-state index in [0.29, 0.717) is 50.4 Å². The minimum Gasteiger partial charge on any atom is -0.392 e. The zero-order valence-electron chi connectivity index (χ0n) is 34.4. The minimum atomic E-state index is -4.04. The van der Waals surface area contributed by atoms with E-state index in [1.54, 1.807) is 24.3 Å². The number of piperidine rings is 1. The largest absolute Gasteiger partial charge is 0.392 e. The van der Waals surface area contributed by atoms with E-state index in [0.717, 1.165) is 27.9 Å². The second-order valence-electron chi connectivity index (χ2n) is 16.4. The fourth-order valence-electron chi connectivity index (χ4n) is 8.72. The molecular weight excluding hydrogens is 791 g/mol. The van der Waals surface area contributed by atoms with Crippen LogP contribution in [0.5, 0.6) is 0 Å². The Morgan fingerprint density at radius 2 is 1.54 bits per heavy atom. The van der Waals surface area contributed by atoms with Gasteiger partial charge in [0.05, 0.1) is 30.4 Å². The SMILES string of the molecule is Cc1ccc(S(=O)(=O)NC(Cc2ccccc2)C(=O)Nc2cccc(C3OC(CN4CCC5(CC4)C(=O)NCN5c4ccccc4)C(C)C(c4ccc(CO)cc4)O3)c2)cc1. The molecule has 0 aromatic heterocycles. The number of rotatable bonds is 13. The summed E-state index contributed by atoms with van der Waals surface area (Å²) in [6, 6.07) is 39.8. The van der Waals surface area contributed by atoms with Gasteiger partial charge in [0.15, 0.2) is 6.29 Å². The highest BCUT2D eigenvalue weighted by Gasteiger charge is 2.51. The van der Waals surface area contributed by atoms with Gasteiger partial charge < -0.3 is 35.0 Å². The van der Waals surface area contributed by atoms with Crippen molar-refractivity contribution in [3.8, 4) is 0 Å². The average Bonchev–Trinajstić information content (AvgIpc) is 3.59. The Labute approximate surface area is 357 Å². The molecule has 0 bridgehead atoms. The first kappa shape index (κ1) is 42.3. The van der Waals surface area contributed by atoms with Crippen LogP contribution in [0.4, 0.5) is 11.4 Å². The summed E-state index contributed by atoms with van der Waals surface area (Å²) in [4.78, 5) is 32.1. The number of carbonyl (C=O) groups excluding carboxylic acids is 2. The maximum absolute atomic E-state index is 14.0. The standard InChI is InChI=1S/C48H53N5O7S/c1-33-16-22-41(23-17-33)61(57,58)51-42(28-35-10-5-3-6-11-35)45(55)50-39-13-9-12-38(29-39)46-59-43(34(2)44(60-46)37-20-18-36(31-54)19-21-37)30-52-26-24-48(25-27-52)47(56)49-32-53(48)40-14-7-4-8-15-40/h3-23,29,34,42-44,46,51,54H,24-28,30-32H2,1-2H3,(H,49,56)(H,50,55). The Morgan fingerprint density at radius 1 is 0.852 bits per heavy atom. The summed E-state index contributed by atoms with van der Waals surface area (Å²) >= 11 is 0. The van der Waals surface area contributed by atoms with Crippen molar-refractivity contribution in [2.24, 2.45) is 5.92 Å². The third kappa shape index (κ3) is 9.42. The number of benzene rings is 5. The Hall–Kier alpha value is -5.41. The number of ether oxygens (including phenoxy) is 2. The van der Waals surface area contributed by atoms with Gasteiger partial charge in [-0.2, -0.15) is 4.72 Å². The van der Waals surface area contributed by atoms with Crippen molar-refractivity contribution < 1.29 is 32.6 Å². The number of nitrogens with zero attached hydrogens (tertiary/aromatic N) is 2. The molecular formula is C48H53N5O7S. The third-order valence-corrected chi connectivity index (χ3v) is 13.8. The van der Waals surface area contributed by atoms with Gasteiger partial charge in [-0.15, -0.1) is 0 Å². The first-order chi connectivity index (χ1) is 29.5. The van der Waals surface area contributed by atoms with Crippen molar-refractivity contribution in [2.45, 2.75) is 74.7 Å². The molecule has 5 unspecified atom stereocenters. The average molecular weight is 844 g/mol. The number of aliphatic hydroxyl groups is 1. The van der Waals surface area contributed by atoms with Crippen LogP contribution in [0.15, 0.2) is 138 Å². The van der Waals surface area contributed by atoms with Crippen molar-refractivity contribution in [1.82, 2.24) is 14.9 Å². The highest BCUT2D eigenvalue weighted by Crippen LogP contribution is 2.43. The van der Waals surface area contributed by atoms with E-state index in [1.165, 1.54) is 12.1 Å². The topological polar surface area (TPSA) is 150 Å². The van der Waals surface area contributed by atoms with Gasteiger partial charge in [-0.1, -0.05) is 110 Å². The number of sulfonamides is 1. The van der Waals surface area contributed by atoms with Gasteiger partial charge in [-0.3, -0.25) is 9.59 Å². The van der Waals surface area contributed by atoms with Gasteiger partial charge in [0, 0.05) is 42.5 Å². The molecule has 3 saturated heterocycles. The van der Waals surface area contributed by atoms with E-state index in [-0.39, 0.29) is 42.0 Å². The monoisotopic (exact) mass is 843 g/mol. The maximum Gasteiger partial charge on any atom is 0.247 e. The summed E-state index contributed by atoms with van der Waals surface area (Å²) < 4.78 is 43.3. The fourth-order valence-corrected chi connectivity index (χ4v) is 9.92. The van der Waals surface area contributed by atoms with Gasteiger partial charge in [0.1, 0.15) is 11.6 Å². The van der Waals surface area contributed by atoms with Crippen molar-refractivity contribution in [1.29, 1.82) is 0 Å². The highest BCUT2D eigenvalue weighted by molar-refractivity contribution is 7.89. The number of nitrogens with one attached hydrogen (secondary N) is 3. The molecule has 3 aliphatic rings. The third-order valence-electron chi connectivity index (χ3n) is 12.3. The summed E-state index contributed by atoms with van der Waals surface area (Å²) in [6.45, 7) is 6.47. The Bertz CT molecular complexity index is 2390. The lowest BCUT2D eigenvalue weighted by molar-refractivity contribution is -0.276. The van der Waals surface area contributed by atoms with E-state index in [9.17, 15) is 23.1 Å². The number of likely N-dealkylation sites (tertiary alicyclic amines) is 1. The molecule has 3 aliphatic heterocycles. The quantitative estimate of drug-likeness (QED) is 0.108. The van der Waals surface area contributed by atoms with Crippen LogP contribution in [-0.2, 0) is 42.1 Å². The minimum absolute atomic E-state index is 0.0640. The molecule has 5 aromatic carbocycles. The van der Waals surface area contributed by atoms with Crippen molar-refractivity contribution in [3.05, 3.63) is 161 Å². The van der Waals surface area contributed by atoms with Crippen LogP contribution in [0, 0.1) is 12.8 Å². The van der Waals surface area contributed by atoms with E-state index in [1.807, 2.05) is 91.9 Å². The summed E-state index contributed by atoms with van der Waals surface area (Å²) in [5, 5.41) is 15.8. The molecule has 4 N–H and O–H groups in total. The van der Waals surface area contributed by atoms with Crippen LogP contribution in [0.1, 0.15) is 60.0 Å². The number of carbonyl (C=O) groups is 2. The Kier molecular flexibility index (Phi) is 12.7. The zero-order chi connectivity index (χ0) is 42.6. The summed E-state index contributed by atoms with van der Waals surface area (Å²) in [5.74, 6) is -0.508. The molecule has 5 aromatic rings. The first-order valence-electron chi connectivity index (χ1n) is 20.9. The molecule has 0 aliphatic carbocycles. The van der Waals surface area contributed by atoms with Gasteiger partial charge in [0.25, 0.3) is 0 Å². The lowest BCUT2D eigenvalue weighted by Crippen LogP contribution is -2.57. The predicted octanol–water partition coefficient (Wildman–Crippen LogP) is 6.24. The number of amides is 2. The van der Waals surface area contributed by atoms with Gasteiger partial charge in [0.2, 0.25) is 21.8 Å². The molecule has 8 rings (SSSR count). The van der Waals surface area contributed by atoms with Crippen LogP contribution in [0.25, 0.3) is 0 Å². The van der Waals surface area contributed by atoms with Gasteiger partial charge >= 0.3 is 0 Å². The first-order valence-corrected chi connectivity index (χ1v) is 22.4. The molecule has 318 valence electrons. The second kappa shape index (κ2) is 18.3. The van der Waals surface area contributed by atoms with Crippen LogP contribution >= 0.6 is 0 Å². The molecule has 13 heteroatoms. The van der Waals surface area contributed by atoms with E-state index < -0.39 is 33.8 Å². The molecule has 5 atom stereocenters. The van der Waals surface area contributed by atoms with Crippen LogP contribution in [0.3, 0.4) is 0 Å². The summed E-state index contributed by atoms with van der Waals surface area (Å²) in [6.07, 6.45) is 0.0688. The number of hydrogen-bond donors (Lipinski definition) is 4. The van der Waals surface area contributed by atoms with E-state index in [2.05, 4.69) is 44.2 Å². The molecule has 0 radical (unpaired) electrons. The number of hydrogen-bond acceptors (Lipinski definition) is 9. The number of anilines is 2. The Balaban J connectivity index is 1.01. The second-order valence-corrected chi connectivity index (χ2v) is 18.1. The lowest BCUT2D eigenvalue weighted by atomic mass is 9.84. The van der Waals surface area contributed by atoms with Crippen molar-refractivity contribution in [2.75, 3.05) is 36.5 Å². The lowest BCUT2D eigenvalue weighted by Gasteiger charge is -2.46. The number of aryl methyl sites for hydroxylation is 1. The fraction of sp³-hybridized carbons (Fsp3) is 0.333. The molecule has 2 amide bonds. The van der Waals surface area contributed by atoms with Crippen LogP contribution in [-0.4, -0.2) is 74.2 Å². The maximum atomic E-state index is 14.0. The predicted molar refractivity (Wildman–Crippen MR) is 234 cm³/mol. The van der Waals surface area contributed by atoms with Crippen molar-refractivity contribution in [3.63, 3.8) is 0 Å².